The van der Waals surface area contributed by atoms with Crippen molar-refractivity contribution < 1.29 is 13.2 Å². The number of sulfone groups is 1. The van der Waals surface area contributed by atoms with Gasteiger partial charge in [-0.15, -0.1) is 0 Å². The van der Waals surface area contributed by atoms with Gasteiger partial charge in [0.2, 0.25) is 5.91 Å². The Morgan fingerprint density at radius 1 is 1.28 bits per heavy atom. The topological polar surface area (TPSA) is 80.5 Å². The smallest absolute Gasteiger partial charge is 0.237 e. The third-order valence-electron chi connectivity index (χ3n) is 2.46. The first-order valence-corrected chi connectivity index (χ1v) is 7.45. The highest BCUT2D eigenvalue weighted by molar-refractivity contribution is 7.92. The minimum atomic E-state index is -3.38. The minimum absolute atomic E-state index is 0.0397. The van der Waals surface area contributed by atoms with E-state index in [1.165, 1.54) is 4.90 Å². The number of nitrogens with zero attached hydrogens (tertiary/aromatic N) is 1. The van der Waals surface area contributed by atoms with E-state index in [1.54, 1.807) is 7.05 Å². The number of nitrogens with two attached hydrogens (primary N) is 1. The molecule has 1 amide bonds. The molecule has 0 radical (unpaired) electrons. The van der Waals surface area contributed by atoms with Gasteiger partial charge in [-0.1, -0.05) is 30.3 Å². The molecule has 0 aliphatic rings. The van der Waals surface area contributed by atoms with E-state index in [9.17, 15) is 13.2 Å². The summed E-state index contributed by atoms with van der Waals surface area (Å²) in [7, 11) is -1.79. The standard InChI is InChI=1S/C12H18N2O3S/c1-14(9-11-5-3-2-4-6-11)12(15)10-18(16,17)8-7-13/h2-6H,7-10,13H2,1H3. The van der Waals surface area contributed by atoms with Crippen LogP contribution in [0.5, 0.6) is 0 Å². The fourth-order valence-electron chi connectivity index (χ4n) is 1.50. The molecule has 5 nitrogen and oxygen atoms in total. The van der Waals surface area contributed by atoms with Gasteiger partial charge in [0.25, 0.3) is 0 Å². The molecule has 0 unspecified atom stereocenters. The molecule has 0 aliphatic heterocycles. The molecular weight excluding hydrogens is 252 g/mol. The lowest BCUT2D eigenvalue weighted by Crippen LogP contribution is -2.34. The highest BCUT2D eigenvalue weighted by Gasteiger charge is 2.18. The van der Waals surface area contributed by atoms with Crippen LogP contribution in [-0.4, -0.2) is 44.3 Å². The summed E-state index contributed by atoms with van der Waals surface area (Å²) in [5.74, 6) is -1.04. The molecule has 0 saturated heterocycles. The van der Waals surface area contributed by atoms with Crippen LogP contribution in [0, 0.1) is 0 Å². The Balaban J connectivity index is 2.57. The van der Waals surface area contributed by atoms with E-state index >= 15 is 0 Å². The molecule has 1 aromatic carbocycles. The molecule has 100 valence electrons. The Hall–Kier alpha value is -1.40. The third-order valence-corrected chi connectivity index (χ3v) is 4.01. The molecule has 0 atom stereocenters. The van der Waals surface area contributed by atoms with E-state index in [-0.39, 0.29) is 12.3 Å². The van der Waals surface area contributed by atoms with E-state index in [0.717, 1.165) is 5.56 Å². The predicted molar refractivity (Wildman–Crippen MR) is 70.6 cm³/mol. The van der Waals surface area contributed by atoms with E-state index in [0.29, 0.717) is 6.54 Å². The van der Waals surface area contributed by atoms with Gasteiger partial charge in [0.15, 0.2) is 9.84 Å². The molecule has 0 fully saturated rings. The monoisotopic (exact) mass is 270 g/mol. The third kappa shape index (κ3) is 4.85. The second-order valence-corrected chi connectivity index (χ2v) is 6.30. The summed E-state index contributed by atoms with van der Waals surface area (Å²) in [5, 5.41) is 0. The molecule has 0 aliphatic carbocycles. The number of hydrogen-bond acceptors (Lipinski definition) is 4. The van der Waals surface area contributed by atoms with Gasteiger partial charge >= 0.3 is 0 Å². The average Bonchev–Trinajstić information content (AvgIpc) is 2.29. The molecule has 0 bridgehead atoms. The molecule has 1 aromatic rings. The molecule has 6 heteroatoms. The highest BCUT2D eigenvalue weighted by atomic mass is 32.2. The van der Waals surface area contributed by atoms with Crippen LogP contribution in [0.2, 0.25) is 0 Å². The van der Waals surface area contributed by atoms with Crippen LogP contribution in [0.15, 0.2) is 30.3 Å². The van der Waals surface area contributed by atoms with Crippen molar-refractivity contribution in [3.8, 4) is 0 Å². The van der Waals surface area contributed by atoms with E-state index < -0.39 is 21.5 Å². The van der Waals surface area contributed by atoms with Gasteiger partial charge < -0.3 is 10.6 Å². The Labute approximate surface area is 108 Å². The first-order valence-electron chi connectivity index (χ1n) is 5.63. The van der Waals surface area contributed by atoms with Gasteiger partial charge in [-0.2, -0.15) is 0 Å². The molecular formula is C12H18N2O3S. The van der Waals surface area contributed by atoms with Crippen LogP contribution < -0.4 is 5.73 Å². The normalized spacial score (nSPS) is 11.2. The van der Waals surface area contributed by atoms with Crippen LogP contribution in [0.1, 0.15) is 5.56 Å². The average molecular weight is 270 g/mol. The van der Waals surface area contributed by atoms with Crippen molar-refractivity contribution in [2.45, 2.75) is 6.54 Å². The van der Waals surface area contributed by atoms with Gasteiger partial charge in [0.05, 0.1) is 5.75 Å². The van der Waals surface area contributed by atoms with Crippen LogP contribution in [0.4, 0.5) is 0 Å². The Morgan fingerprint density at radius 3 is 2.44 bits per heavy atom. The second kappa shape index (κ2) is 6.51. The SMILES string of the molecule is CN(Cc1ccccc1)C(=O)CS(=O)(=O)CCN. The van der Waals surface area contributed by atoms with Crippen molar-refractivity contribution in [1.82, 2.24) is 4.90 Å². The summed E-state index contributed by atoms with van der Waals surface area (Å²) in [6.45, 7) is 0.440. The van der Waals surface area contributed by atoms with Gasteiger partial charge in [0.1, 0.15) is 5.75 Å². The Kier molecular flexibility index (Phi) is 5.30. The van der Waals surface area contributed by atoms with Crippen molar-refractivity contribution in [2.75, 3.05) is 25.1 Å². The van der Waals surface area contributed by atoms with Gasteiger partial charge in [-0.05, 0) is 5.56 Å². The van der Waals surface area contributed by atoms with Crippen molar-refractivity contribution in [3.63, 3.8) is 0 Å². The van der Waals surface area contributed by atoms with E-state index in [2.05, 4.69) is 0 Å². The number of carbonyl (C=O) groups excluding carboxylic acids is 1. The molecule has 0 saturated carbocycles. The van der Waals surface area contributed by atoms with Crippen molar-refractivity contribution >= 4 is 15.7 Å². The van der Waals surface area contributed by atoms with Gasteiger partial charge in [-0.25, -0.2) is 8.42 Å². The quantitative estimate of drug-likeness (QED) is 0.790. The van der Waals surface area contributed by atoms with Crippen molar-refractivity contribution in [3.05, 3.63) is 35.9 Å². The summed E-state index contributed by atoms with van der Waals surface area (Å²) >= 11 is 0. The summed E-state index contributed by atoms with van der Waals surface area (Å²) < 4.78 is 22.9. The summed E-state index contributed by atoms with van der Waals surface area (Å²) in [6.07, 6.45) is 0. The maximum atomic E-state index is 11.7. The summed E-state index contributed by atoms with van der Waals surface area (Å²) in [4.78, 5) is 13.1. The van der Waals surface area contributed by atoms with E-state index in [1.807, 2.05) is 30.3 Å². The number of rotatable bonds is 6. The van der Waals surface area contributed by atoms with Crippen LogP contribution in [0.3, 0.4) is 0 Å². The molecule has 2 N–H and O–H groups in total. The lowest BCUT2D eigenvalue weighted by atomic mass is 10.2. The first kappa shape index (κ1) is 14.7. The number of carbonyl (C=O) groups is 1. The molecule has 0 aromatic heterocycles. The maximum absolute atomic E-state index is 11.7. The van der Waals surface area contributed by atoms with Crippen molar-refractivity contribution in [2.24, 2.45) is 5.73 Å². The van der Waals surface area contributed by atoms with Gasteiger partial charge in [0, 0.05) is 20.1 Å². The second-order valence-electron chi connectivity index (χ2n) is 4.12. The minimum Gasteiger partial charge on any atom is -0.341 e. The molecule has 0 heterocycles. The molecule has 0 spiro atoms. The van der Waals surface area contributed by atoms with Gasteiger partial charge in [-0.3, -0.25) is 4.79 Å². The zero-order chi connectivity index (χ0) is 13.6. The highest BCUT2D eigenvalue weighted by Crippen LogP contribution is 2.03. The molecule has 18 heavy (non-hydrogen) atoms. The summed E-state index contributed by atoms with van der Waals surface area (Å²) in [6, 6.07) is 9.41. The first-order chi connectivity index (χ1) is 8.44. The lowest BCUT2D eigenvalue weighted by molar-refractivity contribution is -0.127. The molecule has 1 rings (SSSR count). The number of amides is 1. The summed E-state index contributed by atoms with van der Waals surface area (Å²) in [5.41, 5.74) is 6.15. The van der Waals surface area contributed by atoms with Crippen LogP contribution in [0.25, 0.3) is 0 Å². The zero-order valence-electron chi connectivity index (χ0n) is 10.4. The predicted octanol–water partition coefficient (Wildman–Crippen LogP) is 0.0185. The van der Waals surface area contributed by atoms with Crippen molar-refractivity contribution in [1.29, 1.82) is 0 Å². The largest absolute Gasteiger partial charge is 0.341 e. The fraction of sp³-hybridized carbons (Fsp3) is 0.417. The van der Waals surface area contributed by atoms with Crippen LogP contribution in [-0.2, 0) is 21.2 Å². The van der Waals surface area contributed by atoms with E-state index in [4.69, 9.17) is 5.73 Å². The number of hydrogen-bond donors (Lipinski definition) is 1. The maximum Gasteiger partial charge on any atom is 0.237 e. The lowest BCUT2D eigenvalue weighted by Gasteiger charge is -2.17. The Morgan fingerprint density at radius 2 is 1.89 bits per heavy atom. The zero-order valence-corrected chi connectivity index (χ0v) is 11.2. The Bertz CT molecular complexity index is 485. The fourth-order valence-corrected chi connectivity index (χ4v) is 2.60. The number of benzene rings is 1. The van der Waals surface area contributed by atoms with Crippen LogP contribution >= 0.6 is 0 Å².